The van der Waals surface area contributed by atoms with Crippen molar-refractivity contribution in [3.8, 4) is 0 Å². The summed E-state index contributed by atoms with van der Waals surface area (Å²) in [5.74, 6) is 1.51. The molecular weight excluding hydrogens is 364 g/mol. The molecule has 3 heterocycles. The summed E-state index contributed by atoms with van der Waals surface area (Å²) in [6.45, 7) is 3.17. The van der Waals surface area contributed by atoms with E-state index >= 15 is 0 Å². The number of pyridine rings is 1. The van der Waals surface area contributed by atoms with Crippen LogP contribution in [0.15, 0.2) is 58.3 Å². The maximum Gasteiger partial charge on any atom is 0.261 e. The number of aromatic nitrogens is 3. The molecule has 29 heavy (non-hydrogen) atoms. The molecule has 6 heteroatoms. The van der Waals surface area contributed by atoms with Gasteiger partial charge in [-0.1, -0.05) is 18.2 Å². The molecule has 1 atom stereocenters. The van der Waals surface area contributed by atoms with Crippen molar-refractivity contribution in [2.75, 3.05) is 13.1 Å². The average molecular weight is 390 g/mol. The van der Waals surface area contributed by atoms with E-state index in [1.54, 1.807) is 16.7 Å². The first-order chi connectivity index (χ1) is 14.2. The van der Waals surface area contributed by atoms with Crippen LogP contribution in [0.4, 0.5) is 0 Å². The van der Waals surface area contributed by atoms with E-state index in [0.29, 0.717) is 17.8 Å². The summed E-state index contributed by atoms with van der Waals surface area (Å²) in [7, 11) is 0. The van der Waals surface area contributed by atoms with E-state index in [9.17, 15) is 9.59 Å². The Bertz CT molecular complexity index is 1150. The number of fused-ring (bicyclic) bond motifs is 1. The normalized spacial score (nSPS) is 19.8. The Morgan fingerprint density at radius 3 is 2.62 bits per heavy atom. The van der Waals surface area contributed by atoms with Crippen molar-refractivity contribution in [2.24, 2.45) is 5.92 Å². The molecule has 2 aliphatic rings. The van der Waals surface area contributed by atoms with Gasteiger partial charge in [-0.2, -0.15) is 0 Å². The van der Waals surface area contributed by atoms with Gasteiger partial charge in [-0.15, -0.1) is 0 Å². The molecule has 0 radical (unpaired) electrons. The number of rotatable bonds is 6. The van der Waals surface area contributed by atoms with Crippen LogP contribution in [0.2, 0.25) is 0 Å². The summed E-state index contributed by atoms with van der Waals surface area (Å²) >= 11 is 0. The lowest BCUT2D eigenvalue weighted by Crippen LogP contribution is -2.35. The van der Waals surface area contributed by atoms with Crippen molar-refractivity contribution in [1.29, 1.82) is 0 Å². The third-order valence-corrected chi connectivity index (χ3v) is 6.22. The third-order valence-electron chi connectivity index (χ3n) is 6.22. The van der Waals surface area contributed by atoms with Gasteiger partial charge >= 0.3 is 0 Å². The van der Waals surface area contributed by atoms with Crippen molar-refractivity contribution in [1.82, 2.24) is 19.0 Å². The van der Waals surface area contributed by atoms with Gasteiger partial charge in [0.05, 0.1) is 16.9 Å². The number of hydrogen-bond acceptors (Lipinski definition) is 4. The van der Waals surface area contributed by atoms with Gasteiger partial charge in [0.2, 0.25) is 0 Å². The molecule has 2 fully saturated rings. The van der Waals surface area contributed by atoms with Gasteiger partial charge in [-0.25, -0.2) is 4.98 Å². The number of benzene rings is 1. The largest absolute Gasteiger partial charge is 0.314 e. The first-order valence-electron chi connectivity index (χ1n) is 10.6. The van der Waals surface area contributed by atoms with Crippen LogP contribution in [0.5, 0.6) is 0 Å². The number of likely N-dealkylation sites (tertiary alicyclic amines) is 1. The molecule has 6 nitrogen and oxygen atoms in total. The standard InChI is InChI=1S/C23H26N4O2/c28-21-9-3-4-12-26(21)15-14-25-13-5-8-20(25)22-24-19-7-2-1-6-18(19)23(29)27(22)16-17-10-11-17/h1-4,6-7,9,12,17,20H,5,8,10-11,13-16H2. The topological polar surface area (TPSA) is 60.1 Å². The fraction of sp³-hybridized carbons (Fsp3) is 0.435. The van der Waals surface area contributed by atoms with Crippen LogP contribution < -0.4 is 11.1 Å². The molecule has 1 aliphatic heterocycles. The van der Waals surface area contributed by atoms with E-state index in [-0.39, 0.29) is 17.2 Å². The average Bonchev–Trinajstić information content (AvgIpc) is 3.44. The molecule has 0 bridgehead atoms. The van der Waals surface area contributed by atoms with Gasteiger partial charge in [0.1, 0.15) is 5.82 Å². The zero-order valence-electron chi connectivity index (χ0n) is 16.5. The van der Waals surface area contributed by atoms with Gasteiger partial charge in [-0.05, 0) is 56.3 Å². The molecule has 1 saturated carbocycles. The van der Waals surface area contributed by atoms with E-state index in [4.69, 9.17) is 4.98 Å². The quantitative estimate of drug-likeness (QED) is 0.649. The molecule has 1 aliphatic carbocycles. The Hall–Kier alpha value is -2.73. The lowest BCUT2D eigenvalue weighted by Gasteiger charge is -2.27. The number of nitrogens with zero attached hydrogens (tertiary/aromatic N) is 4. The molecule has 2 aromatic heterocycles. The maximum atomic E-state index is 13.3. The first-order valence-corrected chi connectivity index (χ1v) is 10.6. The first kappa shape index (κ1) is 18.3. The molecule has 1 aromatic carbocycles. The predicted octanol–water partition coefficient (Wildman–Crippen LogP) is 2.81. The fourth-order valence-electron chi connectivity index (χ4n) is 4.44. The summed E-state index contributed by atoms with van der Waals surface area (Å²) < 4.78 is 3.69. The Kier molecular flexibility index (Phi) is 4.79. The SMILES string of the molecule is O=c1ccccn1CCN1CCCC1c1nc2ccccc2c(=O)n1CC1CC1. The monoisotopic (exact) mass is 390 g/mol. The lowest BCUT2D eigenvalue weighted by atomic mass is 10.1. The second kappa shape index (κ2) is 7.59. The van der Waals surface area contributed by atoms with E-state index in [2.05, 4.69) is 4.90 Å². The molecule has 3 aromatic rings. The second-order valence-electron chi connectivity index (χ2n) is 8.27. The van der Waals surface area contributed by atoms with Crippen LogP contribution in [0.3, 0.4) is 0 Å². The lowest BCUT2D eigenvalue weighted by molar-refractivity contribution is 0.230. The molecule has 150 valence electrons. The van der Waals surface area contributed by atoms with Gasteiger partial charge in [0.15, 0.2) is 0 Å². The Morgan fingerprint density at radius 2 is 1.79 bits per heavy atom. The maximum absolute atomic E-state index is 13.3. The van der Waals surface area contributed by atoms with E-state index in [0.717, 1.165) is 43.8 Å². The highest BCUT2D eigenvalue weighted by molar-refractivity contribution is 5.77. The Balaban J connectivity index is 1.49. The number of para-hydroxylation sites is 1. The highest BCUT2D eigenvalue weighted by Gasteiger charge is 2.32. The fourth-order valence-corrected chi connectivity index (χ4v) is 4.44. The van der Waals surface area contributed by atoms with Crippen LogP contribution in [0.1, 0.15) is 37.5 Å². The minimum absolute atomic E-state index is 0.0257. The molecule has 5 rings (SSSR count). The van der Waals surface area contributed by atoms with E-state index in [1.165, 1.54) is 12.8 Å². The zero-order valence-corrected chi connectivity index (χ0v) is 16.5. The van der Waals surface area contributed by atoms with E-state index < -0.39 is 0 Å². The molecule has 0 N–H and O–H groups in total. The molecule has 1 saturated heterocycles. The smallest absolute Gasteiger partial charge is 0.261 e. The Labute approximate surface area is 169 Å². The zero-order chi connectivity index (χ0) is 19.8. The molecule has 0 amide bonds. The van der Waals surface area contributed by atoms with Crippen molar-refractivity contribution >= 4 is 10.9 Å². The second-order valence-corrected chi connectivity index (χ2v) is 8.27. The van der Waals surface area contributed by atoms with Gasteiger partial charge in [0, 0.05) is 31.9 Å². The van der Waals surface area contributed by atoms with E-state index in [1.807, 2.05) is 41.1 Å². The Morgan fingerprint density at radius 1 is 0.966 bits per heavy atom. The van der Waals surface area contributed by atoms with Crippen LogP contribution >= 0.6 is 0 Å². The molecule has 0 spiro atoms. The van der Waals surface area contributed by atoms with Crippen LogP contribution in [0.25, 0.3) is 10.9 Å². The highest BCUT2D eigenvalue weighted by Crippen LogP contribution is 2.34. The summed E-state index contributed by atoms with van der Waals surface area (Å²) in [5.41, 5.74) is 0.895. The minimum atomic E-state index is 0.0257. The molecule has 1 unspecified atom stereocenters. The van der Waals surface area contributed by atoms with Crippen LogP contribution in [0, 0.1) is 5.92 Å². The van der Waals surface area contributed by atoms with Crippen molar-refractivity contribution in [3.05, 3.63) is 75.2 Å². The van der Waals surface area contributed by atoms with Gasteiger partial charge in [0.25, 0.3) is 11.1 Å². The molecular formula is C23H26N4O2. The summed E-state index contributed by atoms with van der Waals surface area (Å²) in [6, 6.07) is 13.1. The van der Waals surface area contributed by atoms with Crippen molar-refractivity contribution < 1.29 is 0 Å². The predicted molar refractivity (Wildman–Crippen MR) is 113 cm³/mol. The summed E-state index contributed by atoms with van der Waals surface area (Å²) in [4.78, 5) is 32.7. The third kappa shape index (κ3) is 3.65. The minimum Gasteiger partial charge on any atom is -0.314 e. The van der Waals surface area contributed by atoms with Crippen LogP contribution in [-0.2, 0) is 13.1 Å². The number of hydrogen-bond donors (Lipinski definition) is 0. The van der Waals surface area contributed by atoms with Crippen LogP contribution in [-0.4, -0.2) is 32.1 Å². The highest BCUT2D eigenvalue weighted by atomic mass is 16.1. The van der Waals surface area contributed by atoms with Gasteiger partial charge in [-0.3, -0.25) is 19.1 Å². The van der Waals surface area contributed by atoms with Gasteiger partial charge < -0.3 is 4.57 Å². The van der Waals surface area contributed by atoms with Crippen molar-refractivity contribution in [3.63, 3.8) is 0 Å². The van der Waals surface area contributed by atoms with Crippen molar-refractivity contribution in [2.45, 2.75) is 44.8 Å². The summed E-state index contributed by atoms with van der Waals surface area (Å²) in [5, 5.41) is 0.706. The summed E-state index contributed by atoms with van der Waals surface area (Å²) in [6.07, 6.45) is 6.32.